The first-order valence-corrected chi connectivity index (χ1v) is 11.0. The number of amides is 1. The number of hydrogen-bond acceptors (Lipinski definition) is 4. The lowest BCUT2D eigenvalue weighted by atomic mass is 10.1. The van der Waals surface area contributed by atoms with Crippen molar-refractivity contribution < 1.29 is 18.0 Å². The lowest BCUT2D eigenvalue weighted by molar-refractivity contribution is -0.137. The van der Waals surface area contributed by atoms with Crippen LogP contribution in [-0.2, 0) is 17.4 Å². The Hall–Kier alpha value is -3.46. The van der Waals surface area contributed by atoms with Crippen molar-refractivity contribution in [3.05, 3.63) is 82.0 Å². The van der Waals surface area contributed by atoms with E-state index in [0.29, 0.717) is 16.4 Å². The number of alkyl halides is 3. The molecule has 1 N–H and O–H groups in total. The summed E-state index contributed by atoms with van der Waals surface area (Å²) in [5.74, 6) is -0.417. The minimum absolute atomic E-state index is 0.00981. The molecule has 0 fully saturated rings. The van der Waals surface area contributed by atoms with Crippen LogP contribution in [0.2, 0.25) is 0 Å². The molecule has 2 heterocycles. The third-order valence-corrected chi connectivity index (χ3v) is 6.09. The summed E-state index contributed by atoms with van der Waals surface area (Å²) in [6.07, 6.45) is -4.48. The van der Waals surface area contributed by atoms with Crippen LogP contribution in [0.25, 0.3) is 16.4 Å². The van der Waals surface area contributed by atoms with Gasteiger partial charge in [0.2, 0.25) is 11.0 Å². The first-order chi connectivity index (χ1) is 15.6. The van der Waals surface area contributed by atoms with E-state index in [1.807, 2.05) is 43.5 Å². The number of rotatable bonds is 5. The van der Waals surface area contributed by atoms with Crippen molar-refractivity contribution in [1.82, 2.24) is 14.8 Å². The lowest BCUT2D eigenvalue weighted by Gasteiger charge is -2.10. The summed E-state index contributed by atoms with van der Waals surface area (Å²) in [5, 5.41) is 9.72. The average molecular weight is 471 g/mol. The molecule has 2 aromatic carbocycles. The number of anilines is 1. The number of thiazole rings is 1. The summed E-state index contributed by atoms with van der Waals surface area (Å²) in [4.78, 5) is 17.3. The zero-order valence-electron chi connectivity index (χ0n) is 18.2. The fraction of sp³-hybridized carbons (Fsp3) is 0.208. The van der Waals surface area contributed by atoms with Gasteiger partial charge in [-0.3, -0.25) is 4.79 Å². The molecule has 0 saturated heterocycles. The van der Waals surface area contributed by atoms with Crippen LogP contribution < -0.4 is 5.32 Å². The van der Waals surface area contributed by atoms with Crippen LogP contribution >= 0.6 is 11.3 Å². The Kier molecular flexibility index (Phi) is 6.07. The summed E-state index contributed by atoms with van der Waals surface area (Å²) < 4.78 is 40.5. The maximum atomic E-state index is 12.9. The van der Waals surface area contributed by atoms with Crippen molar-refractivity contribution in [3.63, 3.8) is 0 Å². The number of aryl methyl sites for hydroxylation is 2. The average Bonchev–Trinajstić information content (AvgIpc) is 3.34. The Morgan fingerprint density at radius 2 is 1.82 bits per heavy atom. The van der Waals surface area contributed by atoms with Crippen molar-refractivity contribution >= 4 is 22.9 Å². The van der Waals surface area contributed by atoms with Gasteiger partial charge in [0.1, 0.15) is 0 Å². The second-order valence-electron chi connectivity index (χ2n) is 7.75. The van der Waals surface area contributed by atoms with Crippen LogP contribution in [0.1, 0.15) is 28.1 Å². The van der Waals surface area contributed by atoms with Gasteiger partial charge in [-0.05, 0) is 39.0 Å². The quantitative estimate of drug-likeness (QED) is 0.382. The number of carbonyl (C=O) groups excluding carboxylic acids is 1. The number of carbonyl (C=O) groups is 1. The van der Waals surface area contributed by atoms with Gasteiger partial charge in [0.05, 0.1) is 23.4 Å². The fourth-order valence-corrected chi connectivity index (χ4v) is 4.31. The normalized spacial score (nSPS) is 11.6. The molecule has 1 amide bonds. The molecule has 0 aliphatic heterocycles. The second-order valence-corrected chi connectivity index (χ2v) is 8.58. The van der Waals surface area contributed by atoms with E-state index in [1.54, 1.807) is 11.6 Å². The number of nitrogens with zero attached hydrogens (tertiary/aromatic N) is 3. The summed E-state index contributed by atoms with van der Waals surface area (Å²) in [5.41, 5.74) is 4.44. The lowest BCUT2D eigenvalue weighted by Crippen LogP contribution is -2.16. The highest BCUT2D eigenvalue weighted by Gasteiger charge is 2.30. The van der Waals surface area contributed by atoms with Crippen LogP contribution in [-0.4, -0.2) is 20.7 Å². The molecule has 0 bridgehead atoms. The summed E-state index contributed by atoms with van der Waals surface area (Å²) in [6, 6.07) is 12.7. The molecule has 0 spiro atoms. The molecule has 5 nitrogen and oxygen atoms in total. The van der Waals surface area contributed by atoms with Crippen LogP contribution in [0.4, 0.5) is 18.9 Å². The largest absolute Gasteiger partial charge is 0.416 e. The van der Waals surface area contributed by atoms with E-state index in [1.165, 1.54) is 29.0 Å². The Bertz CT molecular complexity index is 1310. The Balaban J connectivity index is 1.53. The molecule has 0 aliphatic carbocycles. The van der Waals surface area contributed by atoms with Gasteiger partial charge in [0.15, 0.2) is 0 Å². The van der Waals surface area contributed by atoms with Crippen molar-refractivity contribution in [2.24, 2.45) is 0 Å². The topological polar surface area (TPSA) is 59.8 Å². The van der Waals surface area contributed by atoms with Crippen molar-refractivity contribution in [1.29, 1.82) is 0 Å². The first kappa shape index (κ1) is 22.7. The van der Waals surface area contributed by atoms with Crippen molar-refractivity contribution in [2.75, 3.05) is 5.32 Å². The standard InChI is InChI=1S/C24H21F3N4OS/c1-14-7-9-17(10-8-14)21-13-33-23(29-21)31-16(3)20(15(2)30-31)12-22(32)28-19-6-4-5-18(11-19)24(25,26)27/h4-11,13H,12H2,1-3H3,(H,28,32). The van der Waals surface area contributed by atoms with Gasteiger partial charge in [-0.25, -0.2) is 9.67 Å². The number of hydrogen-bond donors (Lipinski definition) is 1. The molecule has 9 heteroatoms. The van der Waals surface area contributed by atoms with E-state index in [4.69, 9.17) is 0 Å². The Morgan fingerprint density at radius 3 is 2.52 bits per heavy atom. The van der Waals surface area contributed by atoms with Gasteiger partial charge < -0.3 is 5.32 Å². The SMILES string of the molecule is Cc1ccc(-c2csc(-n3nc(C)c(CC(=O)Nc4cccc(C(F)(F)F)c4)c3C)n2)cc1. The monoisotopic (exact) mass is 470 g/mol. The van der Waals surface area contributed by atoms with Gasteiger partial charge in [-0.15, -0.1) is 11.3 Å². The summed E-state index contributed by atoms with van der Waals surface area (Å²) in [7, 11) is 0. The number of benzene rings is 2. The molecule has 4 rings (SSSR count). The molecular formula is C24H21F3N4OS. The van der Waals surface area contributed by atoms with Crippen LogP contribution in [0.5, 0.6) is 0 Å². The van der Waals surface area contributed by atoms with Gasteiger partial charge in [-0.1, -0.05) is 35.9 Å². The van der Waals surface area contributed by atoms with E-state index >= 15 is 0 Å². The van der Waals surface area contributed by atoms with Crippen LogP contribution in [0, 0.1) is 20.8 Å². The van der Waals surface area contributed by atoms with Gasteiger partial charge in [-0.2, -0.15) is 18.3 Å². The first-order valence-electron chi connectivity index (χ1n) is 10.2. The zero-order valence-corrected chi connectivity index (χ0v) is 19.0. The minimum Gasteiger partial charge on any atom is -0.326 e. The maximum Gasteiger partial charge on any atom is 0.416 e. The summed E-state index contributed by atoms with van der Waals surface area (Å²) >= 11 is 1.45. The van der Waals surface area contributed by atoms with E-state index in [9.17, 15) is 18.0 Å². The Morgan fingerprint density at radius 1 is 1.09 bits per heavy atom. The molecule has 170 valence electrons. The predicted molar refractivity (Wildman–Crippen MR) is 123 cm³/mol. The number of nitrogens with one attached hydrogen (secondary N) is 1. The molecule has 0 radical (unpaired) electrons. The van der Waals surface area contributed by atoms with Gasteiger partial charge in [0, 0.05) is 27.9 Å². The molecule has 0 atom stereocenters. The fourth-order valence-electron chi connectivity index (χ4n) is 3.47. The van der Waals surface area contributed by atoms with Crippen molar-refractivity contribution in [3.8, 4) is 16.4 Å². The highest BCUT2D eigenvalue weighted by Crippen LogP contribution is 2.31. The molecule has 33 heavy (non-hydrogen) atoms. The van der Waals surface area contributed by atoms with Crippen LogP contribution in [0.15, 0.2) is 53.9 Å². The predicted octanol–water partition coefficient (Wildman–Crippen LogP) is 6.12. The van der Waals surface area contributed by atoms with Crippen molar-refractivity contribution in [2.45, 2.75) is 33.4 Å². The van der Waals surface area contributed by atoms with Crippen LogP contribution in [0.3, 0.4) is 0 Å². The third kappa shape index (κ3) is 4.98. The highest BCUT2D eigenvalue weighted by atomic mass is 32.1. The van der Waals surface area contributed by atoms with Gasteiger partial charge in [0.25, 0.3) is 0 Å². The molecule has 0 saturated carbocycles. The number of aromatic nitrogens is 3. The van der Waals surface area contributed by atoms with E-state index in [-0.39, 0.29) is 12.1 Å². The molecule has 2 aromatic heterocycles. The second kappa shape index (κ2) is 8.82. The molecule has 4 aromatic rings. The highest BCUT2D eigenvalue weighted by molar-refractivity contribution is 7.12. The number of halogens is 3. The van der Waals surface area contributed by atoms with Gasteiger partial charge >= 0.3 is 6.18 Å². The van der Waals surface area contributed by atoms with E-state index in [0.717, 1.165) is 29.1 Å². The minimum atomic E-state index is -4.47. The smallest absolute Gasteiger partial charge is 0.326 e. The zero-order chi connectivity index (χ0) is 23.8. The third-order valence-electron chi connectivity index (χ3n) is 5.27. The Labute approximate surface area is 192 Å². The van der Waals surface area contributed by atoms with E-state index in [2.05, 4.69) is 15.4 Å². The van der Waals surface area contributed by atoms with E-state index < -0.39 is 17.6 Å². The molecule has 0 aliphatic rings. The molecule has 0 unspecified atom stereocenters. The maximum absolute atomic E-state index is 12.9. The molecular weight excluding hydrogens is 449 g/mol. The summed E-state index contributed by atoms with van der Waals surface area (Å²) in [6.45, 7) is 5.67.